The van der Waals surface area contributed by atoms with Crippen LogP contribution in [0.5, 0.6) is 11.5 Å². The van der Waals surface area contributed by atoms with Crippen molar-refractivity contribution in [2.24, 2.45) is 0 Å². The van der Waals surface area contributed by atoms with Crippen LogP contribution in [0.4, 0.5) is 0 Å². The Labute approximate surface area is 194 Å². The van der Waals surface area contributed by atoms with Gasteiger partial charge in [0.25, 0.3) is 0 Å². The summed E-state index contributed by atoms with van der Waals surface area (Å²) in [4.78, 5) is 15.3. The fourth-order valence-corrected chi connectivity index (χ4v) is 3.62. The lowest BCUT2D eigenvalue weighted by Gasteiger charge is -2.11. The van der Waals surface area contributed by atoms with E-state index in [0.717, 1.165) is 40.7 Å². The van der Waals surface area contributed by atoms with E-state index in [2.05, 4.69) is 36.2 Å². The highest BCUT2D eigenvalue weighted by Gasteiger charge is 2.06. The van der Waals surface area contributed by atoms with Crippen LogP contribution in [0.3, 0.4) is 0 Å². The van der Waals surface area contributed by atoms with Gasteiger partial charge in [-0.1, -0.05) is 54.1 Å². The van der Waals surface area contributed by atoms with Crippen LogP contribution in [0, 0.1) is 13.8 Å². The van der Waals surface area contributed by atoms with Crippen LogP contribution < -0.4 is 9.47 Å². The predicted molar refractivity (Wildman–Crippen MR) is 131 cm³/mol. The molecule has 0 aliphatic carbocycles. The Morgan fingerprint density at radius 3 is 2.27 bits per heavy atom. The number of hydrogen-bond acceptors (Lipinski definition) is 4. The quantitative estimate of drug-likeness (QED) is 0.285. The largest absolute Gasteiger partial charge is 0.493 e. The Hall–Kier alpha value is -3.92. The maximum atomic E-state index is 11.0. The molecule has 0 spiro atoms. The van der Waals surface area contributed by atoms with E-state index in [1.54, 1.807) is 12.4 Å². The number of pyridine rings is 1. The maximum Gasteiger partial charge on any atom is 0.150 e. The zero-order valence-electron chi connectivity index (χ0n) is 19.0. The van der Waals surface area contributed by atoms with E-state index in [0.29, 0.717) is 24.5 Å². The van der Waals surface area contributed by atoms with Crippen molar-refractivity contribution in [1.29, 1.82) is 0 Å². The SMILES string of the molecule is Cc1ccc(CCOc2ccc(COc3cncc(-c4ccc(C=O)cc4C)c3)cc2)cc1. The Bertz CT molecular complexity index is 1210. The number of hydrogen-bond donors (Lipinski definition) is 0. The Kier molecular flexibility index (Phi) is 7.16. The van der Waals surface area contributed by atoms with Gasteiger partial charge in [-0.25, -0.2) is 0 Å². The van der Waals surface area contributed by atoms with Crippen LogP contribution in [-0.4, -0.2) is 17.9 Å². The van der Waals surface area contributed by atoms with Crippen molar-refractivity contribution in [1.82, 2.24) is 4.98 Å². The van der Waals surface area contributed by atoms with Crippen LogP contribution in [0.15, 0.2) is 85.2 Å². The van der Waals surface area contributed by atoms with Crippen molar-refractivity contribution in [3.8, 4) is 22.6 Å². The van der Waals surface area contributed by atoms with E-state index in [1.165, 1.54) is 11.1 Å². The average molecular weight is 438 g/mol. The van der Waals surface area contributed by atoms with Crippen LogP contribution >= 0.6 is 0 Å². The number of carbonyl (C=O) groups excluding carboxylic acids is 1. The summed E-state index contributed by atoms with van der Waals surface area (Å²) >= 11 is 0. The van der Waals surface area contributed by atoms with Crippen LogP contribution in [0.1, 0.15) is 32.6 Å². The number of ether oxygens (including phenoxy) is 2. The van der Waals surface area contributed by atoms with Gasteiger partial charge in [-0.2, -0.15) is 0 Å². The summed E-state index contributed by atoms with van der Waals surface area (Å²) in [6, 6.07) is 24.1. The van der Waals surface area contributed by atoms with E-state index in [1.807, 2.05) is 55.5 Å². The van der Waals surface area contributed by atoms with Crippen LogP contribution in [0.25, 0.3) is 11.1 Å². The molecule has 4 heteroatoms. The van der Waals surface area contributed by atoms with E-state index in [9.17, 15) is 4.79 Å². The molecule has 0 N–H and O–H groups in total. The molecule has 0 bridgehead atoms. The summed E-state index contributed by atoms with van der Waals surface area (Å²) < 4.78 is 11.8. The first-order valence-electron chi connectivity index (χ1n) is 11.0. The molecule has 0 unspecified atom stereocenters. The first-order valence-corrected chi connectivity index (χ1v) is 11.0. The molecule has 0 amide bonds. The van der Waals surface area contributed by atoms with Gasteiger partial charge >= 0.3 is 0 Å². The minimum absolute atomic E-state index is 0.442. The first kappa shape index (κ1) is 22.3. The normalized spacial score (nSPS) is 10.6. The van der Waals surface area contributed by atoms with Gasteiger partial charge in [0.05, 0.1) is 12.8 Å². The average Bonchev–Trinajstić information content (AvgIpc) is 2.85. The van der Waals surface area contributed by atoms with E-state index < -0.39 is 0 Å². The van der Waals surface area contributed by atoms with Crippen molar-refractivity contribution in [2.75, 3.05) is 6.61 Å². The van der Waals surface area contributed by atoms with Gasteiger partial charge in [-0.3, -0.25) is 9.78 Å². The Morgan fingerprint density at radius 1 is 0.788 bits per heavy atom. The Balaban J connectivity index is 1.31. The topological polar surface area (TPSA) is 48.4 Å². The second kappa shape index (κ2) is 10.6. The van der Waals surface area contributed by atoms with Crippen molar-refractivity contribution in [3.05, 3.63) is 113 Å². The molecule has 0 atom stereocenters. The van der Waals surface area contributed by atoms with Crippen LogP contribution in [-0.2, 0) is 13.0 Å². The zero-order chi connectivity index (χ0) is 23.0. The molecule has 0 fully saturated rings. The lowest BCUT2D eigenvalue weighted by molar-refractivity contribution is 0.112. The van der Waals surface area contributed by atoms with Crippen molar-refractivity contribution < 1.29 is 14.3 Å². The van der Waals surface area contributed by atoms with E-state index >= 15 is 0 Å². The van der Waals surface area contributed by atoms with E-state index in [4.69, 9.17) is 9.47 Å². The molecule has 4 nitrogen and oxygen atoms in total. The third-order valence-electron chi connectivity index (χ3n) is 5.52. The summed E-state index contributed by atoms with van der Waals surface area (Å²) in [5.74, 6) is 1.55. The number of rotatable bonds is 9. The molecule has 4 aromatic rings. The standard InChI is InChI=1S/C29H27NO3/c1-21-3-5-23(6-4-21)13-14-32-27-10-7-24(8-11-27)20-33-28-16-26(17-30-18-28)29-12-9-25(19-31)15-22(29)2/h3-12,15-19H,13-14,20H2,1-2H3. The van der Waals surface area contributed by atoms with Crippen molar-refractivity contribution in [3.63, 3.8) is 0 Å². The Morgan fingerprint density at radius 2 is 1.55 bits per heavy atom. The number of aldehydes is 1. The summed E-state index contributed by atoms with van der Waals surface area (Å²) in [5, 5.41) is 0. The summed E-state index contributed by atoms with van der Waals surface area (Å²) in [6.07, 6.45) is 5.25. The molecule has 4 rings (SSSR count). The highest BCUT2D eigenvalue weighted by atomic mass is 16.5. The molecule has 33 heavy (non-hydrogen) atoms. The smallest absolute Gasteiger partial charge is 0.150 e. The summed E-state index contributed by atoms with van der Waals surface area (Å²) in [7, 11) is 0. The molecule has 0 saturated heterocycles. The second-order valence-electron chi connectivity index (χ2n) is 8.12. The van der Waals surface area contributed by atoms with Crippen molar-refractivity contribution in [2.45, 2.75) is 26.9 Å². The molecular formula is C29H27NO3. The van der Waals surface area contributed by atoms with Gasteiger partial charge in [0, 0.05) is 23.7 Å². The van der Waals surface area contributed by atoms with Crippen LogP contribution in [0.2, 0.25) is 0 Å². The molecule has 1 aromatic heterocycles. The fourth-order valence-electron chi connectivity index (χ4n) is 3.62. The van der Waals surface area contributed by atoms with E-state index in [-0.39, 0.29) is 0 Å². The molecular weight excluding hydrogens is 410 g/mol. The lowest BCUT2D eigenvalue weighted by Crippen LogP contribution is -2.02. The minimum Gasteiger partial charge on any atom is -0.493 e. The second-order valence-corrected chi connectivity index (χ2v) is 8.12. The number of aryl methyl sites for hydroxylation is 2. The van der Waals surface area contributed by atoms with Gasteiger partial charge in [-0.15, -0.1) is 0 Å². The van der Waals surface area contributed by atoms with Gasteiger partial charge in [0.1, 0.15) is 24.4 Å². The van der Waals surface area contributed by atoms with Gasteiger partial charge in [-0.05, 0) is 60.4 Å². The number of benzene rings is 3. The molecule has 3 aromatic carbocycles. The highest BCUT2D eigenvalue weighted by Crippen LogP contribution is 2.27. The van der Waals surface area contributed by atoms with Gasteiger partial charge in [0.2, 0.25) is 0 Å². The zero-order valence-corrected chi connectivity index (χ0v) is 19.0. The summed E-state index contributed by atoms with van der Waals surface area (Å²) in [5.41, 5.74) is 7.28. The highest BCUT2D eigenvalue weighted by molar-refractivity contribution is 5.78. The van der Waals surface area contributed by atoms with Gasteiger partial charge in [0.15, 0.2) is 0 Å². The predicted octanol–water partition coefficient (Wildman–Crippen LogP) is 6.38. The van der Waals surface area contributed by atoms with Crippen molar-refractivity contribution >= 4 is 6.29 Å². The first-order chi connectivity index (χ1) is 16.1. The third kappa shape index (κ3) is 6.07. The minimum atomic E-state index is 0.442. The molecule has 1 heterocycles. The third-order valence-corrected chi connectivity index (χ3v) is 5.52. The monoisotopic (exact) mass is 437 g/mol. The molecule has 0 aliphatic heterocycles. The van der Waals surface area contributed by atoms with Gasteiger partial charge < -0.3 is 9.47 Å². The fraction of sp³-hybridized carbons (Fsp3) is 0.172. The maximum absolute atomic E-state index is 11.0. The lowest BCUT2D eigenvalue weighted by atomic mass is 10.00. The molecule has 0 radical (unpaired) electrons. The molecule has 166 valence electrons. The summed E-state index contributed by atoms with van der Waals surface area (Å²) in [6.45, 7) is 5.16. The molecule has 0 aliphatic rings. The number of aromatic nitrogens is 1. The number of carbonyl (C=O) groups is 1. The molecule has 0 saturated carbocycles. The number of nitrogens with zero attached hydrogens (tertiary/aromatic N) is 1.